The monoisotopic (exact) mass is 261 g/mol. The molecule has 0 saturated carbocycles. The van der Waals surface area contributed by atoms with Gasteiger partial charge in [-0.15, -0.1) is 0 Å². The third-order valence-electron chi connectivity index (χ3n) is 2.21. The highest BCUT2D eigenvalue weighted by molar-refractivity contribution is 5.88. The van der Waals surface area contributed by atoms with Gasteiger partial charge in [-0.1, -0.05) is 0 Å². The van der Waals surface area contributed by atoms with Crippen LogP contribution in [0.5, 0.6) is 0 Å². The standard InChI is InChI=1S/C10H19N3O5/c11-5-1-2-7(13)10(17)18-8(14)4-3-6(12)9(15)16/h6-7H,1-5,11-13H2,(H,15,16)/t6-,7+/m0/s1. The molecule has 2 atom stereocenters. The Bertz CT molecular complexity index is 308. The quantitative estimate of drug-likeness (QED) is 0.297. The van der Waals surface area contributed by atoms with E-state index in [4.69, 9.17) is 22.3 Å². The number of hydrogen-bond donors (Lipinski definition) is 4. The van der Waals surface area contributed by atoms with E-state index in [1.807, 2.05) is 0 Å². The molecule has 8 heteroatoms. The zero-order valence-electron chi connectivity index (χ0n) is 10.0. The van der Waals surface area contributed by atoms with Crippen molar-refractivity contribution >= 4 is 17.9 Å². The Morgan fingerprint density at radius 2 is 1.72 bits per heavy atom. The Labute approximate surface area is 104 Å². The second-order valence-corrected chi connectivity index (χ2v) is 3.81. The molecule has 0 bridgehead atoms. The summed E-state index contributed by atoms with van der Waals surface area (Å²) in [5.74, 6) is -2.88. The van der Waals surface area contributed by atoms with Crippen LogP contribution in [0.3, 0.4) is 0 Å². The van der Waals surface area contributed by atoms with Gasteiger partial charge in [-0.2, -0.15) is 0 Å². The number of nitrogens with two attached hydrogens (primary N) is 3. The van der Waals surface area contributed by atoms with E-state index in [0.717, 1.165) is 0 Å². The van der Waals surface area contributed by atoms with Crippen molar-refractivity contribution in [2.24, 2.45) is 17.2 Å². The van der Waals surface area contributed by atoms with E-state index in [9.17, 15) is 14.4 Å². The fourth-order valence-corrected chi connectivity index (χ4v) is 1.09. The Morgan fingerprint density at radius 3 is 2.22 bits per heavy atom. The van der Waals surface area contributed by atoms with Crippen LogP contribution in [-0.2, 0) is 19.1 Å². The van der Waals surface area contributed by atoms with Crippen molar-refractivity contribution in [2.75, 3.05) is 6.54 Å². The van der Waals surface area contributed by atoms with E-state index in [-0.39, 0.29) is 12.8 Å². The highest BCUT2D eigenvalue weighted by Crippen LogP contribution is 2.01. The molecule has 18 heavy (non-hydrogen) atoms. The molecule has 0 saturated heterocycles. The normalized spacial score (nSPS) is 13.7. The molecule has 0 heterocycles. The van der Waals surface area contributed by atoms with Gasteiger partial charge in [0.2, 0.25) is 0 Å². The highest BCUT2D eigenvalue weighted by atomic mass is 16.6. The number of ether oxygens (including phenoxy) is 1. The first-order chi connectivity index (χ1) is 8.38. The average molecular weight is 261 g/mol. The number of hydrogen-bond acceptors (Lipinski definition) is 7. The van der Waals surface area contributed by atoms with E-state index < -0.39 is 30.0 Å². The third kappa shape index (κ3) is 6.94. The van der Waals surface area contributed by atoms with Crippen LogP contribution < -0.4 is 17.2 Å². The van der Waals surface area contributed by atoms with Crippen molar-refractivity contribution in [1.82, 2.24) is 0 Å². The van der Waals surface area contributed by atoms with Crippen LogP contribution >= 0.6 is 0 Å². The zero-order chi connectivity index (χ0) is 14.1. The molecule has 0 aliphatic carbocycles. The molecule has 0 aromatic carbocycles. The lowest BCUT2D eigenvalue weighted by Crippen LogP contribution is -2.35. The largest absolute Gasteiger partial charge is 0.480 e. The van der Waals surface area contributed by atoms with Crippen molar-refractivity contribution in [1.29, 1.82) is 0 Å². The fourth-order valence-electron chi connectivity index (χ4n) is 1.09. The molecule has 0 amide bonds. The number of carbonyl (C=O) groups is 3. The Morgan fingerprint density at radius 1 is 1.11 bits per heavy atom. The van der Waals surface area contributed by atoms with Crippen molar-refractivity contribution in [2.45, 2.75) is 37.8 Å². The number of esters is 2. The molecule has 0 radical (unpaired) electrons. The van der Waals surface area contributed by atoms with Gasteiger partial charge in [0.25, 0.3) is 0 Å². The first kappa shape index (κ1) is 16.5. The van der Waals surface area contributed by atoms with Crippen molar-refractivity contribution < 1.29 is 24.2 Å². The minimum Gasteiger partial charge on any atom is -0.480 e. The fraction of sp³-hybridized carbons (Fsp3) is 0.700. The molecule has 0 unspecified atom stereocenters. The van der Waals surface area contributed by atoms with Gasteiger partial charge in [0.1, 0.15) is 12.1 Å². The summed E-state index contributed by atoms with van der Waals surface area (Å²) < 4.78 is 4.45. The lowest BCUT2D eigenvalue weighted by molar-refractivity contribution is -0.160. The van der Waals surface area contributed by atoms with Crippen LogP contribution in [0, 0.1) is 0 Å². The number of aliphatic carboxylic acids is 1. The summed E-state index contributed by atoms with van der Waals surface area (Å²) in [6.07, 6.45) is 0.536. The van der Waals surface area contributed by atoms with Gasteiger partial charge in [0.15, 0.2) is 0 Å². The first-order valence-electron chi connectivity index (χ1n) is 5.57. The molecule has 0 aromatic heterocycles. The maximum atomic E-state index is 11.3. The molecule has 104 valence electrons. The number of carbonyl (C=O) groups excluding carboxylic acids is 2. The van der Waals surface area contributed by atoms with Crippen LogP contribution in [-0.4, -0.2) is 41.6 Å². The zero-order valence-corrected chi connectivity index (χ0v) is 10.0. The Hall–Kier alpha value is -1.51. The first-order valence-corrected chi connectivity index (χ1v) is 5.57. The van der Waals surface area contributed by atoms with Crippen LogP contribution in [0.15, 0.2) is 0 Å². The minimum atomic E-state index is -1.21. The smallest absolute Gasteiger partial charge is 0.330 e. The SMILES string of the molecule is NCCC[C@@H](N)C(=O)OC(=O)CC[C@H](N)C(=O)O. The summed E-state index contributed by atoms with van der Waals surface area (Å²) in [6, 6.07) is -2.05. The Kier molecular flexibility index (Phi) is 7.84. The number of carboxylic acid groups (broad SMARTS) is 1. The Balaban J connectivity index is 3.93. The van der Waals surface area contributed by atoms with Gasteiger partial charge < -0.3 is 27.0 Å². The van der Waals surface area contributed by atoms with Crippen LogP contribution in [0.4, 0.5) is 0 Å². The van der Waals surface area contributed by atoms with E-state index in [1.165, 1.54) is 0 Å². The summed E-state index contributed by atoms with van der Waals surface area (Å²) >= 11 is 0. The van der Waals surface area contributed by atoms with E-state index in [2.05, 4.69) is 4.74 Å². The van der Waals surface area contributed by atoms with Crippen LogP contribution in [0.2, 0.25) is 0 Å². The molecule has 8 nitrogen and oxygen atoms in total. The predicted octanol–water partition coefficient (Wildman–Crippen LogP) is -1.69. The van der Waals surface area contributed by atoms with Crippen LogP contribution in [0.25, 0.3) is 0 Å². The lowest BCUT2D eigenvalue weighted by Gasteiger charge is -2.10. The van der Waals surface area contributed by atoms with E-state index in [0.29, 0.717) is 19.4 Å². The lowest BCUT2D eigenvalue weighted by atomic mass is 10.1. The topological polar surface area (TPSA) is 159 Å². The second-order valence-electron chi connectivity index (χ2n) is 3.81. The van der Waals surface area contributed by atoms with Crippen molar-refractivity contribution in [3.63, 3.8) is 0 Å². The maximum Gasteiger partial charge on any atom is 0.330 e. The number of rotatable bonds is 8. The van der Waals surface area contributed by atoms with Crippen LogP contribution in [0.1, 0.15) is 25.7 Å². The van der Waals surface area contributed by atoms with Gasteiger partial charge in [-0.05, 0) is 25.8 Å². The molecule has 0 aromatic rings. The van der Waals surface area contributed by atoms with Gasteiger partial charge in [-0.3, -0.25) is 9.59 Å². The average Bonchev–Trinajstić information content (AvgIpc) is 2.32. The van der Waals surface area contributed by atoms with Crippen molar-refractivity contribution in [3.05, 3.63) is 0 Å². The van der Waals surface area contributed by atoms with Crippen molar-refractivity contribution in [3.8, 4) is 0 Å². The van der Waals surface area contributed by atoms with Gasteiger partial charge >= 0.3 is 17.9 Å². The molecule has 7 N–H and O–H groups in total. The predicted molar refractivity (Wildman–Crippen MR) is 62.2 cm³/mol. The summed E-state index contributed by atoms with van der Waals surface area (Å²) in [4.78, 5) is 32.9. The molecule has 0 aliphatic rings. The molecule has 0 fully saturated rings. The summed E-state index contributed by atoms with van der Waals surface area (Å²) in [5.41, 5.74) is 15.9. The molecule has 0 aliphatic heterocycles. The minimum absolute atomic E-state index is 0.0977. The third-order valence-corrected chi connectivity index (χ3v) is 2.21. The maximum absolute atomic E-state index is 11.3. The van der Waals surface area contributed by atoms with Gasteiger partial charge in [0, 0.05) is 6.42 Å². The molecule has 0 rings (SSSR count). The van der Waals surface area contributed by atoms with E-state index in [1.54, 1.807) is 0 Å². The van der Waals surface area contributed by atoms with E-state index >= 15 is 0 Å². The molecule has 0 spiro atoms. The van der Waals surface area contributed by atoms with Gasteiger partial charge in [0.05, 0.1) is 0 Å². The molecular weight excluding hydrogens is 242 g/mol. The molecular formula is C10H19N3O5. The summed E-state index contributed by atoms with van der Waals surface area (Å²) in [7, 11) is 0. The number of carboxylic acids is 1. The highest BCUT2D eigenvalue weighted by Gasteiger charge is 2.20. The summed E-state index contributed by atoms with van der Waals surface area (Å²) in [5, 5.41) is 8.49. The second kappa shape index (κ2) is 8.56. The summed E-state index contributed by atoms with van der Waals surface area (Å²) in [6.45, 7) is 0.391. The van der Waals surface area contributed by atoms with Gasteiger partial charge in [-0.25, -0.2) is 4.79 Å².